The average Bonchev–Trinajstić information content (AvgIpc) is 2.15. The van der Waals surface area contributed by atoms with Crippen LogP contribution < -0.4 is 5.32 Å². The summed E-state index contributed by atoms with van der Waals surface area (Å²) in [7, 11) is 1.93. The van der Waals surface area contributed by atoms with Gasteiger partial charge in [0.1, 0.15) is 0 Å². The van der Waals surface area contributed by atoms with Crippen molar-refractivity contribution in [3.8, 4) is 12.3 Å². The van der Waals surface area contributed by atoms with Crippen molar-refractivity contribution in [3.63, 3.8) is 0 Å². The summed E-state index contributed by atoms with van der Waals surface area (Å²) in [6, 6.07) is 10.5. The summed E-state index contributed by atoms with van der Waals surface area (Å²) in [6.45, 7) is 0. The third kappa shape index (κ3) is 2.11. The van der Waals surface area contributed by atoms with Crippen LogP contribution >= 0.6 is 0 Å². The van der Waals surface area contributed by atoms with Gasteiger partial charge < -0.3 is 5.32 Å². The Bertz CT molecular complexity index is 258. The van der Waals surface area contributed by atoms with Crippen molar-refractivity contribution in [2.24, 2.45) is 0 Å². The lowest BCUT2D eigenvalue weighted by Crippen LogP contribution is -2.15. The molecule has 0 aliphatic carbocycles. The Morgan fingerprint density at radius 1 is 1.42 bits per heavy atom. The molecule has 0 unspecified atom stereocenters. The Morgan fingerprint density at radius 3 is 2.58 bits per heavy atom. The van der Waals surface area contributed by atoms with Crippen molar-refractivity contribution in [1.29, 1.82) is 0 Å². The molecule has 0 saturated carbocycles. The molecule has 0 fully saturated rings. The highest BCUT2D eigenvalue weighted by atomic mass is 14.9. The van der Waals surface area contributed by atoms with E-state index in [2.05, 4.69) is 23.4 Å². The lowest BCUT2D eigenvalue weighted by Gasteiger charge is -2.12. The molecule has 1 aromatic carbocycles. The number of hydrogen-bond donors (Lipinski definition) is 1. The van der Waals surface area contributed by atoms with Crippen LogP contribution in [0.5, 0.6) is 0 Å². The summed E-state index contributed by atoms with van der Waals surface area (Å²) in [5, 5.41) is 3.18. The molecule has 0 amide bonds. The molecule has 62 valence electrons. The molecule has 0 aliphatic heterocycles. The number of benzene rings is 1. The van der Waals surface area contributed by atoms with Crippen LogP contribution in [0.3, 0.4) is 0 Å². The third-order valence-corrected chi connectivity index (χ3v) is 1.87. The van der Waals surface area contributed by atoms with Crippen molar-refractivity contribution in [3.05, 3.63) is 35.9 Å². The second-order valence-electron chi connectivity index (χ2n) is 2.66. The molecule has 1 heteroatoms. The van der Waals surface area contributed by atoms with Crippen LogP contribution in [0.1, 0.15) is 18.0 Å². The van der Waals surface area contributed by atoms with Crippen LogP contribution in [0.2, 0.25) is 0 Å². The fraction of sp³-hybridized carbons (Fsp3) is 0.273. The fourth-order valence-corrected chi connectivity index (χ4v) is 1.19. The van der Waals surface area contributed by atoms with E-state index in [1.54, 1.807) is 0 Å². The number of hydrogen-bond acceptors (Lipinski definition) is 1. The van der Waals surface area contributed by atoms with Crippen LogP contribution in [-0.2, 0) is 0 Å². The first-order chi connectivity index (χ1) is 5.88. The van der Waals surface area contributed by atoms with Gasteiger partial charge in [-0.2, -0.15) is 0 Å². The molecule has 12 heavy (non-hydrogen) atoms. The highest BCUT2D eigenvalue weighted by Gasteiger charge is 2.04. The average molecular weight is 159 g/mol. The quantitative estimate of drug-likeness (QED) is 0.665. The smallest absolute Gasteiger partial charge is 0.0428 e. The van der Waals surface area contributed by atoms with Crippen molar-refractivity contribution in [1.82, 2.24) is 5.32 Å². The summed E-state index contributed by atoms with van der Waals surface area (Å²) >= 11 is 0. The van der Waals surface area contributed by atoms with Gasteiger partial charge in [-0.25, -0.2) is 0 Å². The van der Waals surface area contributed by atoms with E-state index in [0.29, 0.717) is 0 Å². The van der Waals surface area contributed by atoms with Gasteiger partial charge in [0.25, 0.3) is 0 Å². The van der Waals surface area contributed by atoms with E-state index in [-0.39, 0.29) is 6.04 Å². The fourth-order valence-electron chi connectivity index (χ4n) is 1.19. The SMILES string of the molecule is C#CC[C@H](NC)c1ccccc1. The molecule has 1 atom stereocenters. The van der Waals surface area contributed by atoms with Gasteiger partial charge in [-0.1, -0.05) is 30.3 Å². The molecule has 0 aromatic heterocycles. The molecule has 0 spiro atoms. The van der Waals surface area contributed by atoms with Crippen molar-refractivity contribution < 1.29 is 0 Å². The predicted octanol–water partition coefficient (Wildman–Crippen LogP) is 1.97. The maximum absolute atomic E-state index is 5.25. The van der Waals surface area contributed by atoms with Crippen LogP contribution in [0.15, 0.2) is 30.3 Å². The Balaban J connectivity index is 2.75. The maximum Gasteiger partial charge on any atom is 0.0428 e. The van der Waals surface area contributed by atoms with Gasteiger partial charge in [0.05, 0.1) is 0 Å². The van der Waals surface area contributed by atoms with Gasteiger partial charge in [0.15, 0.2) is 0 Å². The molecule has 1 aromatic rings. The van der Waals surface area contributed by atoms with Gasteiger partial charge in [0.2, 0.25) is 0 Å². The summed E-state index contributed by atoms with van der Waals surface area (Å²) < 4.78 is 0. The van der Waals surface area contributed by atoms with Gasteiger partial charge >= 0.3 is 0 Å². The molecule has 0 heterocycles. The van der Waals surface area contributed by atoms with E-state index in [1.165, 1.54) is 5.56 Å². The standard InChI is InChI=1S/C11H13N/c1-3-7-11(12-2)10-8-5-4-6-9-10/h1,4-6,8-9,11-12H,7H2,2H3/t11-/m0/s1. The topological polar surface area (TPSA) is 12.0 Å². The highest BCUT2D eigenvalue weighted by Crippen LogP contribution is 2.14. The van der Waals surface area contributed by atoms with E-state index in [1.807, 2.05) is 25.2 Å². The normalized spacial score (nSPS) is 12.0. The van der Waals surface area contributed by atoms with E-state index in [4.69, 9.17) is 6.42 Å². The van der Waals surface area contributed by atoms with Crippen molar-refractivity contribution >= 4 is 0 Å². The number of nitrogens with one attached hydrogen (secondary N) is 1. The minimum Gasteiger partial charge on any atom is -0.312 e. The zero-order valence-electron chi connectivity index (χ0n) is 7.25. The maximum atomic E-state index is 5.25. The summed E-state index contributed by atoms with van der Waals surface area (Å²) in [4.78, 5) is 0. The van der Waals surface area contributed by atoms with Crippen LogP contribution in [-0.4, -0.2) is 7.05 Å². The first-order valence-corrected chi connectivity index (χ1v) is 4.04. The molecular weight excluding hydrogens is 146 g/mol. The molecule has 1 N–H and O–H groups in total. The van der Waals surface area contributed by atoms with E-state index < -0.39 is 0 Å². The lowest BCUT2D eigenvalue weighted by atomic mass is 10.0. The lowest BCUT2D eigenvalue weighted by molar-refractivity contribution is 0.611. The van der Waals surface area contributed by atoms with E-state index >= 15 is 0 Å². The van der Waals surface area contributed by atoms with Gasteiger partial charge in [0, 0.05) is 12.5 Å². The zero-order chi connectivity index (χ0) is 8.81. The molecule has 0 aliphatic rings. The van der Waals surface area contributed by atoms with Crippen molar-refractivity contribution in [2.45, 2.75) is 12.5 Å². The third-order valence-electron chi connectivity index (χ3n) is 1.87. The van der Waals surface area contributed by atoms with Crippen LogP contribution in [0.25, 0.3) is 0 Å². The second-order valence-corrected chi connectivity index (χ2v) is 2.66. The Kier molecular flexibility index (Phi) is 3.37. The Morgan fingerprint density at radius 2 is 2.08 bits per heavy atom. The summed E-state index contributed by atoms with van der Waals surface area (Å²) in [5.74, 6) is 2.65. The van der Waals surface area contributed by atoms with Gasteiger partial charge in [-0.3, -0.25) is 0 Å². The second kappa shape index (κ2) is 4.58. The molecule has 0 saturated heterocycles. The molecule has 1 nitrogen and oxygen atoms in total. The molecule has 0 radical (unpaired) electrons. The molecule has 1 rings (SSSR count). The largest absolute Gasteiger partial charge is 0.312 e. The first-order valence-electron chi connectivity index (χ1n) is 4.04. The van der Waals surface area contributed by atoms with E-state index in [9.17, 15) is 0 Å². The van der Waals surface area contributed by atoms with Crippen LogP contribution in [0.4, 0.5) is 0 Å². The van der Waals surface area contributed by atoms with E-state index in [0.717, 1.165) is 6.42 Å². The minimum absolute atomic E-state index is 0.288. The predicted molar refractivity (Wildman–Crippen MR) is 51.7 cm³/mol. The summed E-state index contributed by atoms with van der Waals surface area (Å²) in [6.07, 6.45) is 5.99. The number of terminal acetylenes is 1. The van der Waals surface area contributed by atoms with Crippen LogP contribution in [0, 0.1) is 12.3 Å². The molecule has 0 bridgehead atoms. The number of rotatable bonds is 3. The minimum atomic E-state index is 0.288. The Hall–Kier alpha value is -1.26. The Labute approximate surface area is 73.8 Å². The van der Waals surface area contributed by atoms with Gasteiger partial charge in [-0.15, -0.1) is 12.3 Å². The van der Waals surface area contributed by atoms with Gasteiger partial charge in [-0.05, 0) is 12.6 Å². The molecular formula is C11H13N. The summed E-state index contributed by atoms with van der Waals surface area (Å²) in [5.41, 5.74) is 1.25. The first kappa shape index (κ1) is 8.83. The van der Waals surface area contributed by atoms with Crippen molar-refractivity contribution in [2.75, 3.05) is 7.05 Å². The highest BCUT2D eigenvalue weighted by molar-refractivity contribution is 5.20. The monoisotopic (exact) mass is 159 g/mol. The zero-order valence-corrected chi connectivity index (χ0v) is 7.25.